The lowest BCUT2D eigenvalue weighted by Gasteiger charge is -2.34. The number of hydrogen-bond donors (Lipinski definition) is 0. The topological polar surface area (TPSA) is 48.4 Å². The van der Waals surface area contributed by atoms with Crippen LogP contribution in [0.2, 0.25) is 0 Å². The number of carbonyl (C=O) groups is 1. The number of ether oxygens (including phenoxy) is 2. The number of pyridine rings is 1. The SMILES string of the molecule is COC1(C(=O)c2cccc3cnccc23)CCOCC1. The molecule has 20 heavy (non-hydrogen) atoms. The van der Waals surface area contributed by atoms with Gasteiger partial charge in [-0.1, -0.05) is 18.2 Å². The van der Waals surface area contributed by atoms with Gasteiger partial charge < -0.3 is 9.47 Å². The highest BCUT2D eigenvalue weighted by Crippen LogP contribution is 2.31. The van der Waals surface area contributed by atoms with E-state index in [-0.39, 0.29) is 5.78 Å². The molecule has 0 aliphatic carbocycles. The molecule has 0 spiro atoms. The van der Waals surface area contributed by atoms with E-state index in [1.54, 1.807) is 19.5 Å². The Morgan fingerprint density at radius 1 is 1.30 bits per heavy atom. The third-order valence-electron chi connectivity index (χ3n) is 4.03. The van der Waals surface area contributed by atoms with Gasteiger partial charge in [0.05, 0.1) is 0 Å². The number of ketones is 1. The summed E-state index contributed by atoms with van der Waals surface area (Å²) in [5.74, 6) is 0.0418. The lowest BCUT2D eigenvalue weighted by molar-refractivity contribution is -0.0662. The van der Waals surface area contributed by atoms with Crippen molar-refractivity contribution in [2.24, 2.45) is 0 Å². The van der Waals surface area contributed by atoms with Crippen molar-refractivity contribution in [2.45, 2.75) is 18.4 Å². The minimum absolute atomic E-state index is 0.0418. The second-order valence-corrected chi connectivity index (χ2v) is 5.04. The summed E-state index contributed by atoms with van der Waals surface area (Å²) in [6, 6.07) is 7.59. The van der Waals surface area contributed by atoms with E-state index in [9.17, 15) is 4.79 Å². The molecule has 2 aromatic rings. The zero-order valence-electron chi connectivity index (χ0n) is 11.5. The molecule has 0 amide bonds. The Hall–Kier alpha value is -1.78. The molecular formula is C16H17NO3. The Balaban J connectivity index is 2.08. The Labute approximate surface area is 117 Å². The lowest BCUT2D eigenvalue weighted by atomic mass is 9.84. The summed E-state index contributed by atoms with van der Waals surface area (Å²) < 4.78 is 11.0. The standard InChI is InChI=1S/C16H17NO3/c1-19-16(6-9-20-10-7-16)15(18)14-4-2-3-12-11-17-8-5-13(12)14/h2-5,8,11H,6-7,9-10H2,1H3. The van der Waals surface area contributed by atoms with Crippen LogP contribution in [-0.2, 0) is 9.47 Å². The van der Waals surface area contributed by atoms with E-state index in [4.69, 9.17) is 9.47 Å². The number of fused-ring (bicyclic) bond motifs is 1. The van der Waals surface area contributed by atoms with E-state index in [1.807, 2.05) is 24.3 Å². The van der Waals surface area contributed by atoms with Crippen LogP contribution in [0, 0.1) is 0 Å². The van der Waals surface area contributed by atoms with Crippen molar-refractivity contribution in [2.75, 3.05) is 20.3 Å². The number of benzene rings is 1. The molecule has 0 unspecified atom stereocenters. The molecule has 0 bridgehead atoms. The first-order chi connectivity index (χ1) is 9.77. The fourth-order valence-electron chi connectivity index (χ4n) is 2.79. The van der Waals surface area contributed by atoms with E-state index in [2.05, 4.69) is 4.98 Å². The summed E-state index contributed by atoms with van der Waals surface area (Å²) in [4.78, 5) is 17.1. The van der Waals surface area contributed by atoms with Gasteiger partial charge in [-0.3, -0.25) is 9.78 Å². The summed E-state index contributed by atoms with van der Waals surface area (Å²) in [7, 11) is 1.61. The van der Waals surface area contributed by atoms with Gasteiger partial charge in [0.2, 0.25) is 0 Å². The largest absolute Gasteiger partial charge is 0.381 e. The molecular weight excluding hydrogens is 254 g/mol. The van der Waals surface area contributed by atoms with Crippen molar-refractivity contribution in [1.29, 1.82) is 0 Å². The van der Waals surface area contributed by atoms with Gasteiger partial charge >= 0.3 is 0 Å². The van der Waals surface area contributed by atoms with Gasteiger partial charge in [-0.15, -0.1) is 0 Å². The molecule has 1 aliphatic rings. The Morgan fingerprint density at radius 2 is 2.10 bits per heavy atom. The molecule has 4 heteroatoms. The number of hydrogen-bond acceptors (Lipinski definition) is 4. The first-order valence-corrected chi connectivity index (χ1v) is 6.77. The lowest BCUT2D eigenvalue weighted by Crippen LogP contribution is -2.45. The molecule has 1 fully saturated rings. The van der Waals surface area contributed by atoms with Gasteiger partial charge in [-0.25, -0.2) is 0 Å². The normalized spacial score (nSPS) is 18.1. The van der Waals surface area contributed by atoms with Crippen LogP contribution >= 0.6 is 0 Å². The zero-order valence-corrected chi connectivity index (χ0v) is 11.5. The molecule has 104 valence electrons. The maximum Gasteiger partial charge on any atom is 0.195 e. The van der Waals surface area contributed by atoms with Crippen LogP contribution in [0.1, 0.15) is 23.2 Å². The number of carbonyl (C=O) groups excluding carboxylic acids is 1. The van der Waals surface area contributed by atoms with Crippen molar-refractivity contribution in [1.82, 2.24) is 4.98 Å². The number of rotatable bonds is 3. The summed E-state index contributed by atoms with van der Waals surface area (Å²) >= 11 is 0. The summed E-state index contributed by atoms with van der Waals surface area (Å²) in [6.07, 6.45) is 4.69. The summed E-state index contributed by atoms with van der Waals surface area (Å²) in [5.41, 5.74) is -0.0517. The third kappa shape index (κ3) is 2.11. The summed E-state index contributed by atoms with van der Waals surface area (Å²) in [6.45, 7) is 1.12. The van der Waals surface area contributed by atoms with Gasteiger partial charge in [0.1, 0.15) is 5.60 Å². The molecule has 0 N–H and O–H groups in total. The van der Waals surface area contributed by atoms with Crippen LogP contribution in [-0.4, -0.2) is 36.7 Å². The van der Waals surface area contributed by atoms with Crippen LogP contribution in [0.25, 0.3) is 10.8 Å². The first-order valence-electron chi connectivity index (χ1n) is 6.77. The molecule has 1 aromatic carbocycles. The van der Waals surface area contributed by atoms with Crippen molar-refractivity contribution in [3.63, 3.8) is 0 Å². The molecule has 3 rings (SSSR count). The smallest absolute Gasteiger partial charge is 0.195 e. The van der Waals surface area contributed by atoms with Crippen molar-refractivity contribution < 1.29 is 14.3 Å². The van der Waals surface area contributed by atoms with Crippen molar-refractivity contribution >= 4 is 16.6 Å². The molecule has 1 aliphatic heterocycles. The van der Waals surface area contributed by atoms with Crippen molar-refractivity contribution in [3.05, 3.63) is 42.2 Å². The fourth-order valence-corrected chi connectivity index (χ4v) is 2.79. The van der Waals surface area contributed by atoms with E-state index < -0.39 is 5.60 Å². The maximum atomic E-state index is 13.0. The maximum absolute atomic E-state index is 13.0. The van der Waals surface area contributed by atoms with Crippen molar-refractivity contribution in [3.8, 4) is 0 Å². The minimum atomic E-state index is -0.754. The van der Waals surface area contributed by atoms with Gasteiger partial charge in [-0.2, -0.15) is 0 Å². The second-order valence-electron chi connectivity index (χ2n) is 5.04. The van der Waals surface area contributed by atoms with Gasteiger partial charge in [0, 0.05) is 56.5 Å². The molecule has 0 atom stereocenters. The van der Waals surface area contributed by atoms with Gasteiger partial charge in [0.15, 0.2) is 5.78 Å². The highest BCUT2D eigenvalue weighted by Gasteiger charge is 2.41. The van der Waals surface area contributed by atoms with Crippen LogP contribution < -0.4 is 0 Å². The average molecular weight is 271 g/mol. The first kappa shape index (κ1) is 13.2. The van der Waals surface area contributed by atoms with Crippen LogP contribution in [0.4, 0.5) is 0 Å². The molecule has 0 radical (unpaired) electrons. The predicted molar refractivity (Wildman–Crippen MR) is 75.9 cm³/mol. The van der Waals surface area contributed by atoms with Gasteiger partial charge in [-0.05, 0) is 11.5 Å². The molecule has 0 saturated carbocycles. The highest BCUT2D eigenvalue weighted by molar-refractivity contribution is 6.11. The van der Waals surface area contributed by atoms with E-state index in [0.29, 0.717) is 31.6 Å². The van der Waals surface area contributed by atoms with E-state index >= 15 is 0 Å². The second kappa shape index (κ2) is 5.31. The fraction of sp³-hybridized carbons (Fsp3) is 0.375. The van der Waals surface area contributed by atoms with Crippen LogP contribution in [0.5, 0.6) is 0 Å². The third-order valence-corrected chi connectivity index (χ3v) is 4.03. The molecule has 1 saturated heterocycles. The van der Waals surface area contributed by atoms with E-state index in [1.165, 1.54) is 0 Å². The molecule has 1 aromatic heterocycles. The minimum Gasteiger partial charge on any atom is -0.381 e. The Morgan fingerprint density at radius 3 is 2.85 bits per heavy atom. The molecule has 4 nitrogen and oxygen atoms in total. The summed E-state index contributed by atoms with van der Waals surface area (Å²) in [5, 5.41) is 1.90. The number of methoxy groups -OCH3 is 1. The highest BCUT2D eigenvalue weighted by atomic mass is 16.5. The number of aromatic nitrogens is 1. The zero-order chi connectivity index (χ0) is 14.0. The van der Waals surface area contributed by atoms with Gasteiger partial charge in [0.25, 0.3) is 0 Å². The molecule has 2 heterocycles. The van der Waals surface area contributed by atoms with E-state index in [0.717, 1.165) is 10.8 Å². The number of Topliss-reactive ketones (excluding diaryl/α,β-unsaturated/α-hetero) is 1. The predicted octanol–water partition coefficient (Wildman–Crippen LogP) is 2.61. The average Bonchev–Trinajstić information content (AvgIpc) is 2.54. The quantitative estimate of drug-likeness (QED) is 0.805. The number of nitrogens with zero attached hydrogens (tertiary/aromatic N) is 1. The van der Waals surface area contributed by atoms with Crippen LogP contribution in [0.3, 0.4) is 0 Å². The van der Waals surface area contributed by atoms with Crippen LogP contribution in [0.15, 0.2) is 36.7 Å². The monoisotopic (exact) mass is 271 g/mol. The Kier molecular flexibility index (Phi) is 3.51. The Bertz CT molecular complexity index is 627.